The molecule has 1 aromatic carbocycles. The van der Waals surface area contributed by atoms with Gasteiger partial charge in [0.25, 0.3) is 0 Å². The first-order chi connectivity index (χ1) is 10.1. The van der Waals surface area contributed by atoms with Crippen molar-refractivity contribution >= 4 is 0 Å². The summed E-state index contributed by atoms with van der Waals surface area (Å²) in [5, 5.41) is 10.9. The Morgan fingerprint density at radius 1 is 1.10 bits per heavy atom. The number of aliphatic hydroxyl groups is 1. The molecule has 0 saturated carbocycles. The van der Waals surface area contributed by atoms with E-state index in [1.807, 2.05) is 45.0 Å². The summed E-state index contributed by atoms with van der Waals surface area (Å²) in [7, 11) is 1.64. The van der Waals surface area contributed by atoms with Gasteiger partial charge in [-0.2, -0.15) is 0 Å². The van der Waals surface area contributed by atoms with Crippen LogP contribution in [0.15, 0.2) is 24.3 Å². The molecular formula is C17H28O4. The molecule has 120 valence electrons. The van der Waals surface area contributed by atoms with Gasteiger partial charge in [-0.1, -0.05) is 32.0 Å². The Labute approximate surface area is 128 Å². The summed E-state index contributed by atoms with van der Waals surface area (Å²) in [6.45, 7) is 7.58. The van der Waals surface area contributed by atoms with E-state index < -0.39 is 11.7 Å². The fraction of sp³-hybridized carbons (Fsp3) is 0.647. The van der Waals surface area contributed by atoms with Crippen LogP contribution in [-0.4, -0.2) is 37.6 Å². The maximum atomic E-state index is 10.9. The summed E-state index contributed by atoms with van der Waals surface area (Å²) in [6.07, 6.45) is 0.765. The minimum Gasteiger partial charge on any atom is -0.491 e. The van der Waals surface area contributed by atoms with Gasteiger partial charge < -0.3 is 19.3 Å². The van der Waals surface area contributed by atoms with E-state index in [1.165, 1.54) is 0 Å². The molecule has 1 atom stereocenters. The molecule has 4 nitrogen and oxygen atoms in total. The van der Waals surface area contributed by atoms with Crippen molar-refractivity contribution in [3.63, 3.8) is 0 Å². The van der Waals surface area contributed by atoms with Crippen molar-refractivity contribution in [2.24, 2.45) is 0 Å². The number of hydrogen-bond acceptors (Lipinski definition) is 4. The Morgan fingerprint density at radius 3 is 2.33 bits per heavy atom. The Balaban J connectivity index is 3.01. The molecule has 1 rings (SSSR count). The molecule has 0 radical (unpaired) electrons. The van der Waals surface area contributed by atoms with Gasteiger partial charge in [-0.3, -0.25) is 0 Å². The van der Waals surface area contributed by atoms with Gasteiger partial charge in [0.05, 0.1) is 12.2 Å². The molecule has 0 aromatic heterocycles. The molecule has 1 N–H and O–H groups in total. The molecule has 0 aliphatic heterocycles. The van der Waals surface area contributed by atoms with Crippen molar-refractivity contribution in [1.29, 1.82) is 0 Å². The van der Waals surface area contributed by atoms with Crippen molar-refractivity contribution in [3.8, 4) is 5.75 Å². The van der Waals surface area contributed by atoms with Crippen molar-refractivity contribution < 1.29 is 19.3 Å². The number of rotatable bonds is 10. The average molecular weight is 296 g/mol. The number of ether oxygens (including phenoxy) is 3. The van der Waals surface area contributed by atoms with Crippen molar-refractivity contribution in [3.05, 3.63) is 29.8 Å². The zero-order valence-corrected chi connectivity index (χ0v) is 13.6. The highest BCUT2D eigenvalue weighted by Gasteiger charge is 2.37. The smallest absolute Gasteiger partial charge is 0.125 e. The highest BCUT2D eigenvalue weighted by atomic mass is 16.5. The van der Waals surface area contributed by atoms with Crippen LogP contribution in [0.4, 0.5) is 0 Å². The van der Waals surface area contributed by atoms with E-state index in [0.717, 1.165) is 18.4 Å². The quantitative estimate of drug-likeness (QED) is 0.673. The van der Waals surface area contributed by atoms with Crippen LogP contribution in [0.25, 0.3) is 0 Å². The molecule has 4 heteroatoms. The van der Waals surface area contributed by atoms with Crippen LogP contribution in [-0.2, 0) is 9.47 Å². The molecule has 0 spiro atoms. The second kappa shape index (κ2) is 9.03. The van der Waals surface area contributed by atoms with E-state index >= 15 is 0 Å². The zero-order chi connectivity index (χ0) is 15.7. The van der Waals surface area contributed by atoms with Crippen LogP contribution < -0.4 is 4.74 Å². The number of benzene rings is 1. The van der Waals surface area contributed by atoms with Gasteiger partial charge in [-0.25, -0.2) is 0 Å². The van der Waals surface area contributed by atoms with Gasteiger partial charge in [-0.15, -0.1) is 0 Å². The van der Waals surface area contributed by atoms with Gasteiger partial charge >= 0.3 is 0 Å². The van der Waals surface area contributed by atoms with Crippen molar-refractivity contribution in [2.45, 2.75) is 45.3 Å². The average Bonchev–Trinajstić information content (AvgIpc) is 2.53. The molecule has 0 aliphatic rings. The van der Waals surface area contributed by atoms with Gasteiger partial charge in [0.2, 0.25) is 0 Å². The predicted octanol–water partition coefficient (Wildman–Crippen LogP) is 3.34. The molecule has 0 fully saturated rings. The van der Waals surface area contributed by atoms with E-state index in [9.17, 15) is 5.11 Å². The lowest BCUT2D eigenvalue weighted by Crippen LogP contribution is -2.38. The summed E-state index contributed by atoms with van der Waals surface area (Å²) in [5.41, 5.74) is 0.195. The van der Waals surface area contributed by atoms with Gasteiger partial charge in [0, 0.05) is 19.3 Å². The standard InChI is InChI=1S/C17H28O4/c1-5-17(6-2,21-7-3)16(18)14-10-8-9-11-15(14)20-13-12-19-4/h8-11,16,18H,5-7,12-13H2,1-4H3. The van der Waals surface area contributed by atoms with E-state index in [4.69, 9.17) is 14.2 Å². The lowest BCUT2D eigenvalue weighted by molar-refractivity contribution is -0.128. The first-order valence-electron chi connectivity index (χ1n) is 7.67. The maximum Gasteiger partial charge on any atom is 0.125 e. The molecule has 1 aromatic rings. The summed E-state index contributed by atoms with van der Waals surface area (Å²) in [6, 6.07) is 7.57. The summed E-state index contributed by atoms with van der Waals surface area (Å²) in [4.78, 5) is 0. The second-order valence-electron chi connectivity index (χ2n) is 4.99. The zero-order valence-electron chi connectivity index (χ0n) is 13.6. The van der Waals surface area contributed by atoms with Crippen LogP contribution in [0.3, 0.4) is 0 Å². The van der Waals surface area contributed by atoms with Gasteiger partial charge in [0.1, 0.15) is 18.5 Å². The molecule has 1 unspecified atom stereocenters. The van der Waals surface area contributed by atoms with E-state index in [1.54, 1.807) is 7.11 Å². The first kappa shape index (κ1) is 18.0. The van der Waals surface area contributed by atoms with Crippen molar-refractivity contribution in [2.75, 3.05) is 26.9 Å². The van der Waals surface area contributed by atoms with Crippen LogP contribution in [0.2, 0.25) is 0 Å². The van der Waals surface area contributed by atoms with Crippen LogP contribution in [0, 0.1) is 0 Å². The fourth-order valence-electron chi connectivity index (χ4n) is 2.56. The lowest BCUT2D eigenvalue weighted by atomic mass is 9.85. The second-order valence-corrected chi connectivity index (χ2v) is 4.99. The molecular weight excluding hydrogens is 268 g/mol. The Hall–Kier alpha value is -1.10. The van der Waals surface area contributed by atoms with E-state index in [2.05, 4.69) is 0 Å². The minimum atomic E-state index is -0.716. The summed E-state index contributed by atoms with van der Waals surface area (Å²) >= 11 is 0. The monoisotopic (exact) mass is 296 g/mol. The van der Waals surface area contributed by atoms with Gasteiger partial charge in [0.15, 0.2) is 0 Å². The highest BCUT2D eigenvalue weighted by Crippen LogP contribution is 2.39. The largest absolute Gasteiger partial charge is 0.491 e. The molecule has 0 aliphatic carbocycles. The Kier molecular flexibility index (Phi) is 7.72. The third-order valence-corrected chi connectivity index (χ3v) is 3.89. The molecule has 21 heavy (non-hydrogen) atoms. The molecule has 0 bridgehead atoms. The SMILES string of the molecule is CCOC(CC)(CC)C(O)c1ccccc1OCCOC. The predicted molar refractivity (Wildman–Crippen MR) is 83.7 cm³/mol. The summed E-state index contributed by atoms with van der Waals surface area (Å²) < 4.78 is 16.6. The fourth-order valence-corrected chi connectivity index (χ4v) is 2.56. The van der Waals surface area contributed by atoms with Crippen LogP contribution in [0.1, 0.15) is 45.3 Å². The topological polar surface area (TPSA) is 47.9 Å². The highest BCUT2D eigenvalue weighted by molar-refractivity contribution is 5.36. The molecule has 0 saturated heterocycles. The summed E-state index contributed by atoms with van der Waals surface area (Å²) in [5.74, 6) is 0.688. The molecule has 0 heterocycles. The number of hydrogen-bond donors (Lipinski definition) is 1. The van der Waals surface area contributed by atoms with E-state index in [0.29, 0.717) is 25.6 Å². The van der Waals surface area contributed by atoms with Crippen molar-refractivity contribution in [1.82, 2.24) is 0 Å². The Morgan fingerprint density at radius 2 is 1.76 bits per heavy atom. The van der Waals surface area contributed by atoms with Crippen LogP contribution >= 0.6 is 0 Å². The lowest BCUT2D eigenvalue weighted by Gasteiger charge is -2.37. The van der Waals surface area contributed by atoms with E-state index in [-0.39, 0.29) is 0 Å². The first-order valence-corrected chi connectivity index (χ1v) is 7.67. The normalized spacial score (nSPS) is 13.2. The Bertz CT molecular complexity index is 402. The number of para-hydroxylation sites is 1. The number of methoxy groups -OCH3 is 1. The minimum absolute atomic E-state index is 0.458. The maximum absolute atomic E-state index is 10.9. The van der Waals surface area contributed by atoms with Crippen LogP contribution in [0.5, 0.6) is 5.75 Å². The third-order valence-electron chi connectivity index (χ3n) is 3.89. The third kappa shape index (κ3) is 4.43. The van der Waals surface area contributed by atoms with Gasteiger partial charge in [-0.05, 0) is 25.8 Å². The number of aliphatic hydroxyl groups excluding tert-OH is 1. The molecule has 0 amide bonds.